The standard InChI is InChI=1S/C9H16N4O3S/c1-16-7-3-2-4-13(6-7)17(14,15)8-5-11-12-9(8)10/h5,7H,2-4,6H2,1H3,(H3,10,11,12). The molecule has 0 aliphatic carbocycles. The molecule has 1 aliphatic heterocycles. The van der Waals surface area contributed by atoms with E-state index >= 15 is 0 Å². The van der Waals surface area contributed by atoms with Crippen molar-refractivity contribution in [3.63, 3.8) is 0 Å². The van der Waals surface area contributed by atoms with E-state index in [2.05, 4.69) is 10.2 Å². The zero-order valence-electron chi connectivity index (χ0n) is 9.59. The number of hydrogen-bond donors (Lipinski definition) is 2. The number of aromatic amines is 1. The number of anilines is 1. The number of ether oxygens (including phenoxy) is 1. The van der Waals surface area contributed by atoms with Gasteiger partial charge in [0.1, 0.15) is 10.7 Å². The molecule has 0 bridgehead atoms. The first-order chi connectivity index (χ1) is 8.05. The van der Waals surface area contributed by atoms with Crippen molar-refractivity contribution >= 4 is 15.8 Å². The van der Waals surface area contributed by atoms with Crippen LogP contribution in [0.4, 0.5) is 5.82 Å². The van der Waals surface area contributed by atoms with Gasteiger partial charge in [0, 0.05) is 20.2 Å². The first kappa shape index (κ1) is 12.3. The molecule has 8 heteroatoms. The van der Waals surface area contributed by atoms with Crippen LogP contribution in [0.2, 0.25) is 0 Å². The predicted octanol–water partition coefficient (Wildman–Crippen LogP) is -0.209. The minimum atomic E-state index is -3.56. The molecule has 0 spiro atoms. The topological polar surface area (TPSA) is 101 Å². The number of rotatable bonds is 3. The monoisotopic (exact) mass is 260 g/mol. The lowest BCUT2D eigenvalue weighted by molar-refractivity contribution is 0.0572. The SMILES string of the molecule is COC1CCCN(S(=O)(=O)c2cn[nH]c2N)C1. The second-order valence-corrected chi connectivity index (χ2v) is 5.92. The molecule has 96 valence electrons. The molecular formula is C9H16N4O3S. The summed E-state index contributed by atoms with van der Waals surface area (Å²) >= 11 is 0. The first-order valence-corrected chi connectivity index (χ1v) is 6.81. The summed E-state index contributed by atoms with van der Waals surface area (Å²) in [7, 11) is -1.97. The van der Waals surface area contributed by atoms with E-state index in [9.17, 15) is 8.42 Å². The Hall–Kier alpha value is -1.12. The van der Waals surface area contributed by atoms with Crippen LogP contribution in [0, 0.1) is 0 Å². The van der Waals surface area contributed by atoms with Gasteiger partial charge in [-0.2, -0.15) is 9.40 Å². The van der Waals surface area contributed by atoms with E-state index in [0.29, 0.717) is 13.1 Å². The van der Waals surface area contributed by atoms with Gasteiger partial charge in [-0.05, 0) is 12.8 Å². The van der Waals surface area contributed by atoms with E-state index in [-0.39, 0.29) is 16.8 Å². The number of piperidine rings is 1. The van der Waals surface area contributed by atoms with E-state index < -0.39 is 10.0 Å². The molecule has 3 N–H and O–H groups in total. The van der Waals surface area contributed by atoms with E-state index in [1.54, 1.807) is 7.11 Å². The molecule has 1 fully saturated rings. The van der Waals surface area contributed by atoms with Gasteiger partial charge in [-0.25, -0.2) is 8.42 Å². The number of hydrogen-bond acceptors (Lipinski definition) is 5. The van der Waals surface area contributed by atoms with Gasteiger partial charge in [-0.15, -0.1) is 0 Å². The smallest absolute Gasteiger partial charge is 0.248 e. The first-order valence-electron chi connectivity index (χ1n) is 5.37. The Morgan fingerprint density at radius 1 is 1.65 bits per heavy atom. The maximum atomic E-state index is 12.3. The summed E-state index contributed by atoms with van der Waals surface area (Å²) in [5, 5.41) is 6.06. The number of H-pyrrole nitrogens is 1. The van der Waals surface area contributed by atoms with Gasteiger partial charge in [0.15, 0.2) is 0 Å². The van der Waals surface area contributed by atoms with Crippen LogP contribution in [0.25, 0.3) is 0 Å². The molecule has 1 unspecified atom stereocenters. The number of methoxy groups -OCH3 is 1. The van der Waals surface area contributed by atoms with Gasteiger partial charge in [0.2, 0.25) is 10.0 Å². The zero-order valence-corrected chi connectivity index (χ0v) is 10.4. The molecule has 7 nitrogen and oxygen atoms in total. The maximum Gasteiger partial charge on any atom is 0.248 e. The molecule has 17 heavy (non-hydrogen) atoms. The highest BCUT2D eigenvalue weighted by molar-refractivity contribution is 7.89. The highest BCUT2D eigenvalue weighted by atomic mass is 32.2. The third-order valence-corrected chi connectivity index (χ3v) is 4.82. The van der Waals surface area contributed by atoms with E-state index in [1.165, 1.54) is 10.5 Å². The van der Waals surface area contributed by atoms with Crippen molar-refractivity contribution in [2.45, 2.75) is 23.8 Å². The fraction of sp³-hybridized carbons (Fsp3) is 0.667. The van der Waals surface area contributed by atoms with Gasteiger partial charge < -0.3 is 10.5 Å². The lowest BCUT2D eigenvalue weighted by Crippen LogP contribution is -2.42. The molecule has 2 heterocycles. The van der Waals surface area contributed by atoms with Crippen LogP contribution in [-0.4, -0.2) is 49.2 Å². The molecule has 2 rings (SSSR count). The van der Waals surface area contributed by atoms with Crippen LogP contribution in [0.3, 0.4) is 0 Å². The average Bonchev–Trinajstić information content (AvgIpc) is 2.76. The van der Waals surface area contributed by atoms with Gasteiger partial charge in [-0.1, -0.05) is 0 Å². The van der Waals surface area contributed by atoms with Gasteiger partial charge >= 0.3 is 0 Å². The van der Waals surface area contributed by atoms with Crippen molar-refractivity contribution < 1.29 is 13.2 Å². The van der Waals surface area contributed by atoms with Crippen molar-refractivity contribution in [1.29, 1.82) is 0 Å². The molecule has 1 aromatic rings. The largest absolute Gasteiger partial charge is 0.383 e. The summed E-state index contributed by atoms with van der Waals surface area (Å²) < 4.78 is 31.1. The number of nitrogens with two attached hydrogens (primary N) is 1. The van der Waals surface area contributed by atoms with Gasteiger partial charge in [-0.3, -0.25) is 5.10 Å². The van der Waals surface area contributed by atoms with Crippen molar-refractivity contribution in [1.82, 2.24) is 14.5 Å². The second-order valence-electron chi connectivity index (χ2n) is 4.01. The Morgan fingerprint density at radius 2 is 2.41 bits per heavy atom. The number of nitrogen functional groups attached to an aromatic ring is 1. The Labute approximate surface area is 100.0 Å². The number of nitrogens with one attached hydrogen (secondary N) is 1. The van der Waals surface area contributed by atoms with Crippen LogP contribution >= 0.6 is 0 Å². The predicted molar refractivity (Wildman–Crippen MR) is 61.8 cm³/mol. The van der Waals surface area contributed by atoms with Crippen LogP contribution in [0.1, 0.15) is 12.8 Å². The van der Waals surface area contributed by atoms with E-state index in [4.69, 9.17) is 10.5 Å². The van der Waals surface area contributed by atoms with Crippen molar-refractivity contribution in [2.24, 2.45) is 0 Å². The van der Waals surface area contributed by atoms with Gasteiger partial charge in [0.25, 0.3) is 0 Å². The van der Waals surface area contributed by atoms with Crippen LogP contribution in [0.5, 0.6) is 0 Å². The molecular weight excluding hydrogens is 244 g/mol. The number of sulfonamides is 1. The summed E-state index contributed by atoms with van der Waals surface area (Å²) in [4.78, 5) is 0.0363. The summed E-state index contributed by atoms with van der Waals surface area (Å²) in [6, 6.07) is 0. The van der Waals surface area contributed by atoms with Crippen LogP contribution < -0.4 is 5.73 Å². The number of aromatic nitrogens is 2. The zero-order chi connectivity index (χ0) is 12.5. The molecule has 1 aromatic heterocycles. The minimum Gasteiger partial charge on any atom is -0.383 e. The molecule has 1 atom stereocenters. The maximum absolute atomic E-state index is 12.3. The summed E-state index contributed by atoms with van der Waals surface area (Å²) in [5.41, 5.74) is 5.55. The summed E-state index contributed by atoms with van der Waals surface area (Å²) in [6.07, 6.45) is 2.85. The lowest BCUT2D eigenvalue weighted by atomic mass is 10.1. The number of nitrogens with zero attached hydrogens (tertiary/aromatic N) is 2. The fourth-order valence-corrected chi connectivity index (χ4v) is 3.47. The fourth-order valence-electron chi connectivity index (χ4n) is 1.95. The molecule has 0 aromatic carbocycles. The normalized spacial score (nSPS) is 22.8. The third kappa shape index (κ3) is 2.28. The summed E-state index contributed by atoms with van der Waals surface area (Å²) in [5.74, 6) is 0.0736. The van der Waals surface area contributed by atoms with E-state index in [0.717, 1.165) is 12.8 Å². The van der Waals surface area contributed by atoms with Crippen LogP contribution in [0.15, 0.2) is 11.1 Å². The van der Waals surface area contributed by atoms with E-state index in [1.807, 2.05) is 0 Å². The Bertz CT molecular complexity index is 484. The Balaban J connectivity index is 2.24. The highest BCUT2D eigenvalue weighted by Crippen LogP contribution is 2.24. The Morgan fingerprint density at radius 3 is 3.00 bits per heavy atom. The van der Waals surface area contributed by atoms with Crippen molar-refractivity contribution in [3.05, 3.63) is 6.20 Å². The quantitative estimate of drug-likeness (QED) is 0.783. The molecule has 0 saturated carbocycles. The van der Waals surface area contributed by atoms with Crippen molar-refractivity contribution in [2.75, 3.05) is 25.9 Å². The lowest BCUT2D eigenvalue weighted by Gasteiger charge is -2.30. The third-order valence-electron chi connectivity index (χ3n) is 2.92. The molecule has 1 saturated heterocycles. The minimum absolute atomic E-state index is 0.0363. The molecule has 0 radical (unpaired) electrons. The highest BCUT2D eigenvalue weighted by Gasteiger charge is 2.32. The summed E-state index contributed by atoms with van der Waals surface area (Å²) in [6.45, 7) is 0.857. The average molecular weight is 260 g/mol. The van der Waals surface area contributed by atoms with Crippen molar-refractivity contribution in [3.8, 4) is 0 Å². The van der Waals surface area contributed by atoms with Crippen LogP contribution in [-0.2, 0) is 14.8 Å². The molecule has 0 amide bonds. The molecule has 1 aliphatic rings. The Kier molecular flexibility index (Phi) is 3.36. The van der Waals surface area contributed by atoms with Gasteiger partial charge in [0.05, 0.1) is 12.3 Å². The second kappa shape index (κ2) is 4.63.